The van der Waals surface area contributed by atoms with E-state index in [1.807, 2.05) is 6.07 Å². The third kappa shape index (κ3) is 2.97. The van der Waals surface area contributed by atoms with Gasteiger partial charge in [-0.3, -0.25) is 4.79 Å². The molecular formula is C11H13N3O2. The van der Waals surface area contributed by atoms with Crippen LogP contribution in [0.25, 0.3) is 0 Å². The topological polar surface area (TPSA) is 90.3 Å². The monoisotopic (exact) mass is 219 g/mol. The molecule has 0 aliphatic heterocycles. The maximum absolute atomic E-state index is 10.6. The minimum Gasteiger partial charge on any atom is -0.480 e. The molecule has 0 amide bonds. The van der Waals surface area contributed by atoms with Crippen molar-refractivity contribution < 1.29 is 9.90 Å². The first-order valence-electron chi connectivity index (χ1n) is 4.74. The van der Waals surface area contributed by atoms with E-state index in [9.17, 15) is 4.79 Å². The fraction of sp³-hybridized carbons (Fsp3) is 0.273. The predicted octanol–water partition coefficient (Wildman–Crippen LogP) is 0.406. The van der Waals surface area contributed by atoms with Crippen LogP contribution in [0.2, 0.25) is 0 Å². The molecule has 0 aromatic heterocycles. The molecule has 0 fully saturated rings. The Morgan fingerprint density at radius 3 is 2.56 bits per heavy atom. The van der Waals surface area contributed by atoms with Crippen molar-refractivity contribution >= 4 is 11.7 Å². The van der Waals surface area contributed by atoms with Gasteiger partial charge in [-0.25, -0.2) is 0 Å². The smallest absolute Gasteiger partial charge is 0.322 e. The van der Waals surface area contributed by atoms with Crippen molar-refractivity contribution in [2.75, 3.05) is 18.5 Å². The number of benzene rings is 1. The molecule has 84 valence electrons. The van der Waals surface area contributed by atoms with Crippen LogP contribution in [0.5, 0.6) is 0 Å². The molecule has 1 atom stereocenters. The second-order valence-corrected chi connectivity index (χ2v) is 3.48. The lowest BCUT2D eigenvalue weighted by molar-refractivity contribution is -0.138. The van der Waals surface area contributed by atoms with Gasteiger partial charge in [0.2, 0.25) is 0 Å². The summed E-state index contributed by atoms with van der Waals surface area (Å²) in [6.45, 7) is 0.223. The first-order chi connectivity index (χ1) is 7.54. The summed E-state index contributed by atoms with van der Waals surface area (Å²) < 4.78 is 0. The van der Waals surface area contributed by atoms with Crippen LogP contribution in [0.3, 0.4) is 0 Å². The van der Waals surface area contributed by atoms with Gasteiger partial charge >= 0.3 is 5.97 Å². The number of hydrogen-bond donors (Lipinski definition) is 2. The summed E-state index contributed by atoms with van der Waals surface area (Å²) in [6.07, 6.45) is 0. The van der Waals surface area contributed by atoms with Gasteiger partial charge in [-0.15, -0.1) is 0 Å². The summed E-state index contributed by atoms with van der Waals surface area (Å²) >= 11 is 0. The van der Waals surface area contributed by atoms with Gasteiger partial charge in [0, 0.05) is 19.3 Å². The first-order valence-corrected chi connectivity index (χ1v) is 4.74. The number of carbonyl (C=O) groups is 1. The zero-order valence-corrected chi connectivity index (χ0v) is 8.92. The SMILES string of the molecule is CN(CC(N)C(=O)O)c1ccc(C#N)cc1. The third-order valence-corrected chi connectivity index (χ3v) is 2.22. The molecular weight excluding hydrogens is 206 g/mol. The number of likely N-dealkylation sites (N-methyl/N-ethyl adjacent to an activating group) is 1. The molecule has 0 saturated heterocycles. The fourth-order valence-electron chi connectivity index (χ4n) is 1.27. The van der Waals surface area contributed by atoms with Gasteiger partial charge in [-0.05, 0) is 24.3 Å². The highest BCUT2D eigenvalue weighted by atomic mass is 16.4. The Bertz CT molecular complexity index is 408. The molecule has 0 bridgehead atoms. The number of nitrogens with zero attached hydrogens (tertiary/aromatic N) is 2. The molecule has 0 radical (unpaired) electrons. The number of nitriles is 1. The van der Waals surface area contributed by atoms with Gasteiger partial charge in [0.1, 0.15) is 6.04 Å². The zero-order valence-electron chi connectivity index (χ0n) is 8.92. The molecule has 0 aliphatic rings. The molecule has 1 aromatic carbocycles. The standard InChI is InChI=1S/C11H13N3O2/c1-14(7-10(13)11(15)16)9-4-2-8(6-12)3-5-9/h2-5,10H,7,13H2,1H3,(H,15,16). The normalized spacial score (nSPS) is 11.6. The molecule has 1 aromatic rings. The largest absolute Gasteiger partial charge is 0.480 e. The summed E-state index contributed by atoms with van der Waals surface area (Å²) in [7, 11) is 1.75. The average Bonchev–Trinajstić information content (AvgIpc) is 2.28. The molecule has 5 nitrogen and oxygen atoms in total. The molecule has 0 saturated carbocycles. The first kappa shape index (κ1) is 12.0. The van der Waals surface area contributed by atoms with Gasteiger partial charge < -0.3 is 15.7 Å². The predicted molar refractivity (Wildman–Crippen MR) is 60.0 cm³/mol. The Labute approximate surface area is 93.7 Å². The molecule has 1 unspecified atom stereocenters. The van der Waals surface area contributed by atoms with Crippen LogP contribution < -0.4 is 10.6 Å². The highest BCUT2D eigenvalue weighted by Gasteiger charge is 2.14. The van der Waals surface area contributed by atoms with Crippen LogP contribution >= 0.6 is 0 Å². The van der Waals surface area contributed by atoms with Gasteiger partial charge in [0.15, 0.2) is 0 Å². The van der Waals surface area contributed by atoms with Crippen LogP contribution in [-0.2, 0) is 4.79 Å². The van der Waals surface area contributed by atoms with E-state index in [0.717, 1.165) is 5.69 Å². The second-order valence-electron chi connectivity index (χ2n) is 3.48. The number of nitrogens with two attached hydrogens (primary N) is 1. The van der Waals surface area contributed by atoms with Crippen molar-refractivity contribution in [2.24, 2.45) is 5.73 Å². The molecule has 16 heavy (non-hydrogen) atoms. The maximum Gasteiger partial charge on any atom is 0.322 e. The zero-order chi connectivity index (χ0) is 12.1. The van der Waals surface area contributed by atoms with Gasteiger partial charge in [-0.1, -0.05) is 0 Å². The summed E-state index contributed by atoms with van der Waals surface area (Å²) in [6, 6.07) is 7.97. The Balaban J connectivity index is 2.70. The van der Waals surface area contributed by atoms with E-state index in [4.69, 9.17) is 16.1 Å². The quantitative estimate of drug-likeness (QED) is 0.765. The van der Waals surface area contributed by atoms with Crippen molar-refractivity contribution in [3.63, 3.8) is 0 Å². The van der Waals surface area contributed by atoms with E-state index in [0.29, 0.717) is 5.56 Å². The van der Waals surface area contributed by atoms with Crippen LogP contribution in [0.4, 0.5) is 5.69 Å². The lowest BCUT2D eigenvalue weighted by atomic mass is 10.2. The Hall–Kier alpha value is -2.06. The van der Waals surface area contributed by atoms with Crippen molar-refractivity contribution in [2.45, 2.75) is 6.04 Å². The molecule has 5 heteroatoms. The van der Waals surface area contributed by atoms with E-state index in [1.54, 1.807) is 36.2 Å². The van der Waals surface area contributed by atoms with Crippen molar-refractivity contribution in [1.82, 2.24) is 0 Å². The third-order valence-electron chi connectivity index (χ3n) is 2.22. The minimum absolute atomic E-state index is 0.223. The molecule has 0 spiro atoms. The Kier molecular flexibility index (Phi) is 3.86. The van der Waals surface area contributed by atoms with Crippen LogP contribution in [0.15, 0.2) is 24.3 Å². The molecule has 1 rings (SSSR count). The second kappa shape index (κ2) is 5.14. The molecule has 0 aliphatic carbocycles. The van der Waals surface area contributed by atoms with E-state index in [1.165, 1.54) is 0 Å². The average molecular weight is 219 g/mol. The Morgan fingerprint density at radius 1 is 1.56 bits per heavy atom. The lowest BCUT2D eigenvalue weighted by Gasteiger charge is -2.21. The lowest BCUT2D eigenvalue weighted by Crippen LogP contribution is -2.41. The van der Waals surface area contributed by atoms with Gasteiger partial charge in [0.25, 0.3) is 0 Å². The van der Waals surface area contributed by atoms with Crippen LogP contribution in [0, 0.1) is 11.3 Å². The maximum atomic E-state index is 10.6. The van der Waals surface area contributed by atoms with Crippen molar-refractivity contribution in [3.05, 3.63) is 29.8 Å². The number of aliphatic carboxylic acids is 1. The van der Waals surface area contributed by atoms with Crippen LogP contribution in [0.1, 0.15) is 5.56 Å². The van der Waals surface area contributed by atoms with Crippen molar-refractivity contribution in [1.29, 1.82) is 5.26 Å². The highest BCUT2D eigenvalue weighted by molar-refractivity contribution is 5.74. The van der Waals surface area contributed by atoms with Crippen LogP contribution in [-0.4, -0.2) is 30.7 Å². The summed E-state index contributed by atoms with van der Waals surface area (Å²) in [5.74, 6) is -1.03. The van der Waals surface area contributed by atoms with E-state index < -0.39 is 12.0 Å². The van der Waals surface area contributed by atoms with Crippen molar-refractivity contribution in [3.8, 4) is 6.07 Å². The number of carboxylic acids is 1. The number of carboxylic acid groups (broad SMARTS) is 1. The fourth-order valence-corrected chi connectivity index (χ4v) is 1.27. The van der Waals surface area contributed by atoms with E-state index >= 15 is 0 Å². The van der Waals surface area contributed by atoms with E-state index in [-0.39, 0.29) is 6.54 Å². The highest BCUT2D eigenvalue weighted by Crippen LogP contribution is 2.13. The number of rotatable bonds is 4. The molecule has 3 N–H and O–H groups in total. The van der Waals surface area contributed by atoms with Gasteiger partial charge in [-0.2, -0.15) is 5.26 Å². The number of hydrogen-bond acceptors (Lipinski definition) is 4. The van der Waals surface area contributed by atoms with E-state index in [2.05, 4.69) is 0 Å². The minimum atomic E-state index is -1.03. The number of anilines is 1. The summed E-state index contributed by atoms with van der Waals surface area (Å²) in [4.78, 5) is 12.3. The summed E-state index contributed by atoms with van der Waals surface area (Å²) in [5, 5.41) is 17.3. The Morgan fingerprint density at radius 2 is 2.12 bits per heavy atom. The summed E-state index contributed by atoms with van der Waals surface area (Å²) in [5.41, 5.74) is 6.82. The van der Waals surface area contributed by atoms with Gasteiger partial charge in [0.05, 0.1) is 11.6 Å². The molecule has 0 heterocycles.